The van der Waals surface area contributed by atoms with Crippen LogP contribution in [0, 0.1) is 6.92 Å². The summed E-state index contributed by atoms with van der Waals surface area (Å²) in [6, 6.07) is 5.81. The van der Waals surface area contributed by atoms with E-state index in [0.29, 0.717) is 6.42 Å². The lowest BCUT2D eigenvalue weighted by molar-refractivity contribution is 0.0947. The summed E-state index contributed by atoms with van der Waals surface area (Å²) in [6.45, 7) is 4.24. The standard InChI is InChI=1S/C26H39NO2/c1-3-4-5-6-7-8-9-10-11-12-13-14-15-16-17-21-24(28)26-27-23-20-18-19-22(2)25(23)29-26/h10-11,18-20H,3-9,12-17,21H2,1-2H3. The molecule has 0 aliphatic heterocycles. The van der Waals surface area contributed by atoms with Crippen LogP contribution >= 0.6 is 0 Å². The number of ketones is 1. The Bertz CT molecular complexity index is 744. The van der Waals surface area contributed by atoms with Gasteiger partial charge in [0.25, 0.3) is 5.89 Å². The van der Waals surface area contributed by atoms with E-state index in [9.17, 15) is 4.79 Å². The minimum absolute atomic E-state index is 0.0261. The molecule has 1 aromatic carbocycles. The van der Waals surface area contributed by atoms with Gasteiger partial charge in [-0.05, 0) is 50.7 Å². The van der Waals surface area contributed by atoms with Crippen LogP contribution in [0.5, 0.6) is 0 Å². The van der Waals surface area contributed by atoms with Gasteiger partial charge in [0.05, 0.1) is 0 Å². The SMILES string of the molecule is CCCCCCCCC=CCCCCCCCC(=O)c1nc2cccc(C)c2o1. The first-order chi connectivity index (χ1) is 14.2. The summed E-state index contributed by atoms with van der Waals surface area (Å²) in [5, 5.41) is 0. The molecule has 0 atom stereocenters. The predicted molar refractivity (Wildman–Crippen MR) is 123 cm³/mol. The average Bonchev–Trinajstić information content (AvgIpc) is 3.17. The normalized spacial score (nSPS) is 11.7. The summed E-state index contributed by atoms with van der Waals surface area (Å²) in [7, 11) is 0. The minimum atomic E-state index is 0.0261. The third-order valence-corrected chi connectivity index (χ3v) is 5.52. The number of para-hydroxylation sites is 1. The minimum Gasteiger partial charge on any atom is -0.433 e. The second kappa shape index (κ2) is 14.1. The van der Waals surface area contributed by atoms with Crippen LogP contribution in [0.15, 0.2) is 34.8 Å². The van der Waals surface area contributed by atoms with Crippen molar-refractivity contribution < 1.29 is 9.21 Å². The molecule has 29 heavy (non-hydrogen) atoms. The summed E-state index contributed by atoms with van der Waals surface area (Å²) in [4.78, 5) is 16.6. The van der Waals surface area contributed by atoms with Crippen LogP contribution < -0.4 is 0 Å². The number of unbranched alkanes of at least 4 members (excludes halogenated alkanes) is 11. The van der Waals surface area contributed by atoms with Crippen LogP contribution in [0.2, 0.25) is 0 Å². The molecule has 2 rings (SSSR count). The molecule has 0 N–H and O–H groups in total. The molecule has 1 aromatic heterocycles. The third kappa shape index (κ3) is 8.97. The molecule has 0 spiro atoms. The Labute approximate surface area is 177 Å². The van der Waals surface area contributed by atoms with Gasteiger partial charge in [-0.25, -0.2) is 4.98 Å². The second-order valence-electron chi connectivity index (χ2n) is 8.20. The molecule has 1 heterocycles. The first kappa shape index (κ1) is 23.4. The molecule has 0 unspecified atom stereocenters. The van der Waals surface area contributed by atoms with Gasteiger partial charge in [0, 0.05) is 6.42 Å². The van der Waals surface area contributed by atoms with Gasteiger partial charge in [-0.2, -0.15) is 0 Å². The van der Waals surface area contributed by atoms with E-state index in [1.54, 1.807) is 0 Å². The van der Waals surface area contributed by atoms with Gasteiger partial charge in [0.15, 0.2) is 5.58 Å². The zero-order valence-corrected chi connectivity index (χ0v) is 18.5. The maximum Gasteiger partial charge on any atom is 0.264 e. The van der Waals surface area contributed by atoms with Crippen molar-refractivity contribution in [3.63, 3.8) is 0 Å². The Hall–Kier alpha value is -1.90. The van der Waals surface area contributed by atoms with Crippen molar-refractivity contribution in [1.82, 2.24) is 4.98 Å². The number of nitrogens with zero attached hydrogens (tertiary/aromatic N) is 1. The zero-order chi connectivity index (χ0) is 20.7. The Kier molecular flexibility index (Phi) is 11.4. The number of oxazole rings is 1. The fraction of sp³-hybridized carbons (Fsp3) is 0.615. The molecule has 0 saturated carbocycles. The van der Waals surface area contributed by atoms with Crippen LogP contribution in [0.3, 0.4) is 0 Å². The van der Waals surface area contributed by atoms with E-state index in [2.05, 4.69) is 24.1 Å². The molecule has 160 valence electrons. The number of carbonyl (C=O) groups excluding carboxylic acids is 1. The maximum absolute atomic E-state index is 12.3. The van der Waals surface area contributed by atoms with Crippen molar-refractivity contribution in [2.24, 2.45) is 0 Å². The van der Waals surface area contributed by atoms with Gasteiger partial charge >= 0.3 is 0 Å². The van der Waals surface area contributed by atoms with E-state index >= 15 is 0 Å². The van der Waals surface area contributed by atoms with Crippen molar-refractivity contribution in [3.05, 3.63) is 41.8 Å². The number of hydrogen-bond acceptors (Lipinski definition) is 3. The maximum atomic E-state index is 12.3. The van der Waals surface area contributed by atoms with E-state index < -0.39 is 0 Å². The molecule has 2 aromatic rings. The zero-order valence-electron chi connectivity index (χ0n) is 18.5. The molecular weight excluding hydrogens is 358 g/mol. The van der Waals surface area contributed by atoms with E-state index in [0.717, 1.165) is 29.5 Å². The number of Topliss-reactive ketones (excluding diaryl/α,β-unsaturated/α-hetero) is 1. The lowest BCUT2D eigenvalue weighted by Crippen LogP contribution is -1.98. The second-order valence-corrected chi connectivity index (χ2v) is 8.20. The van der Waals surface area contributed by atoms with Crippen LogP contribution in [-0.2, 0) is 0 Å². The highest BCUT2D eigenvalue weighted by Gasteiger charge is 2.14. The Morgan fingerprint density at radius 3 is 2.17 bits per heavy atom. The molecule has 0 bridgehead atoms. The number of aryl methyl sites for hydroxylation is 1. The van der Waals surface area contributed by atoms with Gasteiger partial charge in [-0.1, -0.05) is 82.6 Å². The van der Waals surface area contributed by atoms with E-state index in [-0.39, 0.29) is 11.7 Å². The topological polar surface area (TPSA) is 43.1 Å². The molecular formula is C26H39NO2. The molecule has 0 aliphatic rings. The summed E-state index contributed by atoms with van der Waals surface area (Å²) in [5.74, 6) is 0.294. The van der Waals surface area contributed by atoms with Crippen LogP contribution in [-0.4, -0.2) is 10.8 Å². The van der Waals surface area contributed by atoms with Gasteiger partial charge < -0.3 is 4.42 Å². The largest absolute Gasteiger partial charge is 0.433 e. The van der Waals surface area contributed by atoms with Crippen molar-refractivity contribution in [1.29, 1.82) is 0 Å². The first-order valence-electron chi connectivity index (χ1n) is 11.8. The number of carbonyl (C=O) groups is 1. The molecule has 0 radical (unpaired) electrons. The van der Waals surface area contributed by atoms with Gasteiger partial charge in [-0.3, -0.25) is 4.79 Å². The number of hydrogen-bond donors (Lipinski definition) is 0. The molecule has 0 saturated heterocycles. The van der Waals surface area contributed by atoms with Crippen molar-refractivity contribution >= 4 is 16.9 Å². The smallest absolute Gasteiger partial charge is 0.264 e. The Morgan fingerprint density at radius 2 is 1.52 bits per heavy atom. The highest BCUT2D eigenvalue weighted by Crippen LogP contribution is 2.20. The van der Waals surface area contributed by atoms with Gasteiger partial charge in [0.2, 0.25) is 5.78 Å². The quantitative estimate of drug-likeness (QED) is 0.162. The number of allylic oxidation sites excluding steroid dienone is 2. The van der Waals surface area contributed by atoms with Crippen LogP contribution in [0.4, 0.5) is 0 Å². The van der Waals surface area contributed by atoms with E-state index in [1.807, 2.05) is 25.1 Å². The van der Waals surface area contributed by atoms with Crippen molar-refractivity contribution in [2.75, 3.05) is 0 Å². The van der Waals surface area contributed by atoms with Crippen LogP contribution in [0.25, 0.3) is 11.1 Å². The first-order valence-corrected chi connectivity index (χ1v) is 11.8. The number of benzene rings is 1. The molecule has 3 nitrogen and oxygen atoms in total. The summed E-state index contributed by atoms with van der Waals surface area (Å²) in [6.07, 6.45) is 21.6. The monoisotopic (exact) mass is 397 g/mol. The lowest BCUT2D eigenvalue weighted by atomic mass is 10.1. The van der Waals surface area contributed by atoms with Crippen molar-refractivity contribution in [3.8, 4) is 0 Å². The number of fused-ring (bicyclic) bond motifs is 1. The van der Waals surface area contributed by atoms with E-state index in [4.69, 9.17) is 4.42 Å². The summed E-state index contributed by atoms with van der Waals surface area (Å²) < 4.78 is 5.67. The fourth-order valence-electron chi connectivity index (χ4n) is 3.67. The van der Waals surface area contributed by atoms with Gasteiger partial charge in [-0.15, -0.1) is 0 Å². The Balaban J connectivity index is 1.46. The summed E-state index contributed by atoms with van der Waals surface area (Å²) in [5.41, 5.74) is 2.54. The molecule has 0 fully saturated rings. The van der Waals surface area contributed by atoms with Crippen LogP contribution in [0.1, 0.15) is 113 Å². The van der Waals surface area contributed by atoms with E-state index in [1.165, 1.54) is 70.6 Å². The average molecular weight is 398 g/mol. The highest BCUT2D eigenvalue weighted by atomic mass is 16.4. The third-order valence-electron chi connectivity index (χ3n) is 5.52. The molecule has 3 heteroatoms. The molecule has 0 amide bonds. The number of rotatable bonds is 16. The fourth-order valence-corrected chi connectivity index (χ4v) is 3.67. The van der Waals surface area contributed by atoms with Crippen molar-refractivity contribution in [2.45, 2.75) is 104 Å². The summed E-state index contributed by atoms with van der Waals surface area (Å²) >= 11 is 0. The molecule has 0 aliphatic carbocycles. The van der Waals surface area contributed by atoms with Gasteiger partial charge in [0.1, 0.15) is 5.52 Å². The number of aromatic nitrogens is 1. The lowest BCUT2D eigenvalue weighted by Gasteiger charge is -2.00. The Morgan fingerprint density at radius 1 is 0.897 bits per heavy atom. The highest BCUT2D eigenvalue weighted by molar-refractivity contribution is 5.94. The predicted octanol–water partition coefficient (Wildman–Crippen LogP) is 8.36.